The van der Waals surface area contributed by atoms with Crippen molar-refractivity contribution in [2.24, 2.45) is 0 Å². The Morgan fingerprint density at radius 3 is 1.85 bits per heavy atom. The van der Waals surface area contributed by atoms with E-state index in [2.05, 4.69) is 0 Å². The molecule has 0 spiro atoms. The van der Waals surface area contributed by atoms with Crippen molar-refractivity contribution in [1.29, 1.82) is 0 Å². The molecular formula is C6H12F2O5. The topological polar surface area (TPSA) is 101 Å². The van der Waals surface area contributed by atoms with Crippen molar-refractivity contribution in [3.05, 3.63) is 0 Å². The van der Waals surface area contributed by atoms with Crippen LogP contribution in [0.15, 0.2) is 0 Å². The highest BCUT2D eigenvalue weighted by atomic mass is 19.3. The molecule has 0 bridgehead atoms. The number of halogens is 2. The maximum Gasteiger partial charge on any atom is 0.298 e. The maximum atomic E-state index is 12.4. The summed E-state index contributed by atoms with van der Waals surface area (Å²) in [5.74, 6) is -3.91. The molecule has 5 nitrogen and oxygen atoms in total. The van der Waals surface area contributed by atoms with Gasteiger partial charge in [-0.05, 0) is 0 Å². The Morgan fingerprint density at radius 1 is 1.08 bits per heavy atom. The van der Waals surface area contributed by atoms with Crippen LogP contribution in [0.3, 0.4) is 0 Å². The smallest absolute Gasteiger partial charge is 0.298 e. The van der Waals surface area contributed by atoms with Crippen LogP contribution in [0, 0.1) is 0 Å². The molecule has 0 rings (SSSR count). The molecule has 0 aliphatic rings. The van der Waals surface area contributed by atoms with Crippen LogP contribution in [0.25, 0.3) is 0 Å². The lowest BCUT2D eigenvalue weighted by molar-refractivity contribution is -0.193. The minimum Gasteiger partial charge on any atom is -0.394 e. The molecule has 80 valence electrons. The molecule has 0 aliphatic carbocycles. The van der Waals surface area contributed by atoms with Gasteiger partial charge < -0.3 is 25.5 Å². The fraction of sp³-hybridized carbons (Fsp3) is 1.00. The van der Waals surface area contributed by atoms with Gasteiger partial charge in [-0.25, -0.2) is 8.78 Å². The van der Waals surface area contributed by atoms with Crippen molar-refractivity contribution >= 4 is 0 Å². The molecule has 0 fully saturated rings. The third-order valence-electron chi connectivity index (χ3n) is 1.55. The van der Waals surface area contributed by atoms with Crippen LogP contribution in [0.5, 0.6) is 0 Å². The molecule has 0 aromatic heterocycles. The van der Waals surface area contributed by atoms with Crippen molar-refractivity contribution < 1.29 is 34.3 Å². The molecule has 0 saturated carbocycles. The predicted molar refractivity (Wildman–Crippen MR) is 37.1 cm³/mol. The van der Waals surface area contributed by atoms with Crippen molar-refractivity contribution in [3.8, 4) is 0 Å². The molecule has 13 heavy (non-hydrogen) atoms. The SMILES string of the molecule is OC[C@@H](O)[C@@H](O)[C@H](O)C(F)(F)CO. The van der Waals surface area contributed by atoms with Crippen LogP contribution in [0.2, 0.25) is 0 Å². The summed E-state index contributed by atoms with van der Waals surface area (Å²) in [5, 5.41) is 42.6. The minimum atomic E-state index is -3.91. The number of rotatable bonds is 5. The fourth-order valence-electron chi connectivity index (χ4n) is 0.662. The standard InChI is InChI=1S/C6H12F2O5/c7-6(8,2-10)5(13)4(12)3(11)1-9/h3-5,9-13H,1-2H2/t3-,4-,5+/m1/s1. The molecule has 0 unspecified atom stereocenters. The van der Waals surface area contributed by atoms with Crippen LogP contribution in [-0.4, -0.2) is 63.0 Å². The molecule has 0 amide bonds. The molecule has 0 aliphatic heterocycles. The number of aliphatic hydroxyl groups is 5. The zero-order valence-electron chi connectivity index (χ0n) is 6.64. The number of hydrogen-bond acceptors (Lipinski definition) is 5. The number of hydrogen-bond donors (Lipinski definition) is 5. The molecule has 7 heteroatoms. The van der Waals surface area contributed by atoms with Crippen LogP contribution in [0.1, 0.15) is 0 Å². The first-order valence-electron chi connectivity index (χ1n) is 3.50. The molecule has 0 heterocycles. The highest BCUT2D eigenvalue weighted by Gasteiger charge is 2.44. The first-order chi connectivity index (χ1) is 5.86. The average Bonchev–Trinajstić information content (AvgIpc) is 2.14. The minimum absolute atomic E-state index is 0.959. The highest BCUT2D eigenvalue weighted by Crippen LogP contribution is 2.21. The summed E-state index contributed by atoms with van der Waals surface area (Å²) >= 11 is 0. The molecule has 0 saturated heterocycles. The van der Waals surface area contributed by atoms with E-state index in [1.54, 1.807) is 0 Å². The maximum absolute atomic E-state index is 12.4. The molecular weight excluding hydrogens is 190 g/mol. The lowest BCUT2D eigenvalue weighted by Crippen LogP contribution is -2.50. The zero-order chi connectivity index (χ0) is 10.6. The van der Waals surface area contributed by atoms with Gasteiger partial charge in [-0.15, -0.1) is 0 Å². The Bertz CT molecular complexity index is 154. The van der Waals surface area contributed by atoms with Crippen LogP contribution < -0.4 is 0 Å². The quantitative estimate of drug-likeness (QED) is 0.345. The van der Waals surface area contributed by atoms with Crippen LogP contribution in [-0.2, 0) is 0 Å². The van der Waals surface area contributed by atoms with Gasteiger partial charge in [-0.3, -0.25) is 0 Å². The first-order valence-corrected chi connectivity index (χ1v) is 3.50. The van der Waals surface area contributed by atoms with E-state index in [1.165, 1.54) is 0 Å². The second-order valence-corrected chi connectivity index (χ2v) is 2.60. The summed E-state index contributed by atoms with van der Waals surface area (Å²) in [7, 11) is 0. The largest absolute Gasteiger partial charge is 0.394 e. The van der Waals surface area contributed by atoms with E-state index in [0.29, 0.717) is 0 Å². The zero-order valence-corrected chi connectivity index (χ0v) is 6.64. The molecule has 5 N–H and O–H groups in total. The lowest BCUT2D eigenvalue weighted by atomic mass is 10.0. The molecule has 0 aromatic carbocycles. The van der Waals surface area contributed by atoms with Gasteiger partial charge in [0.15, 0.2) is 0 Å². The normalized spacial score (nSPS) is 19.6. The van der Waals surface area contributed by atoms with E-state index in [4.69, 9.17) is 25.5 Å². The Balaban J connectivity index is 4.32. The van der Waals surface area contributed by atoms with Crippen LogP contribution >= 0.6 is 0 Å². The fourth-order valence-corrected chi connectivity index (χ4v) is 0.662. The van der Waals surface area contributed by atoms with E-state index < -0.39 is 37.4 Å². The summed E-state index contributed by atoms with van der Waals surface area (Å²) in [5.41, 5.74) is 0. The number of alkyl halides is 2. The summed E-state index contributed by atoms with van der Waals surface area (Å²) < 4.78 is 24.9. The van der Waals surface area contributed by atoms with Gasteiger partial charge in [0.05, 0.1) is 6.61 Å². The van der Waals surface area contributed by atoms with Crippen molar-refractivity contribution in [3.63, 3.8) is 0 Å². The second kappa shape index (κ2) is 4.77. The van der Waals surface area contributed by atoms with Gasteiger partial charge >= 0.3 is 0 Å². The molecule has 0 aromatic rings. The van der Waals surface area contributed by atoms with Gasteiger partial charge in [0.2, 0.25) is 0 Å². The second-order valence-electron chi connectivity index (χ2n) is 2.60. The van der Waals surface area contributed by atoms with Gasteiger partial charge in [0, 0.05) is 0 Å². The van der Waals surface area contributed by atoms with Gasteiger partial charge in [-0.1, -0.05) is 0 Å². The van der Waals surface area contributed by atoms with E-state index in [9.17, 15) is 8.78 Å². The van der Waals surface area contributed by atoms with Gasteiger partial charge in [0.25, 0.3) is 5.92 Å². The van der Waals surface area contributed by atoms with E-state index in [-0.39, 0.29) is 0 Å². The third-order valence-corrected chi connectivity index (χ3v) is 1.55. The monoisotopic (exact) mass is 202 g/mol. The van der Waals surface area contributed by atoms with E-state index in [1.807, 2.05) is 0 Å². The number of aliphatic hydroxyl groups excluding tert-OH is 5. The third kappa shape index (κ3) is 3.12. The molecule has 0 radical (unpaired) electrons. The summed E-state index contributed by atoms with van der Waals surface area (Å²) in [6.45, 7) is -2.61. The Labute approximate surface area is 72.9 Å². The average molecular weight is 202 g/mol. The Kier molecular flexibility index (Phi) is 4.65. The van der Waals surface area contributed by atoms with Crippen LogP contribution in [0.4, 0.5) is 8.78 Å². The summed E-state index contributed by atoms with van der Waals surface area (Å²) in [4.78, 5) is 0. The highest BCUT2D eigenvalue weighted by molar-refractivity contribution is 4.85. The summed E-state index contributed by atoms with van der Waals surface area (Å²) in [6, 6.07) is 0. The van der Waals surface area contributed by atoms with E-state index in [0.717, 1.165) is 0 Å². The Hall–Kier alpha value is -0.340. The van der Waals surface area contributed by atoms with Crippen molar-refractivity contribution in [2.75, 3.05) is 13.2 Å². The summed E-state index contributed by atoms with van der Waals surface area (Å²) in [6.07, 6.45) is -6.68. The van der Waals surface area contributed by atoms with Gasteiger partial charge in [-0.2, -0.15) is 0 Å². The molecule has 3 atom stereocenters. The predicted octanol–water partition coefficient (Wildman–Crippen LogP) is -2.31. The van der Waals surface area contributed by atoms with E-state index >= 15 is 0 Å². The lowest BCUT2D eigenvalue weighted by Gasteiger charge is -2.27. The Morgan fingerprint density at radius 2 is 1.54 bits per heavy atom. The van der Waals surface area contributed by atoms with Crippen molar-refractivity contribution in [1.82, 2.24) is 0 Å². The van der Waals surface area contributed by atoms with Crippen molar-refractivity contribution in [2.45, 2.75) is 24.2 Å². The van der Waals surface area contributed by atoms with Gasteiger partial charge in [0.1, 0.15) is 24.9 Å². The first kappa shape index (κ1) is 12.7.